The Morgan fingerprint density at radius 1 is 1.03 bits per heavy atom. The van der Waals surface area contributed by atoms with Crippen LogP contribution >= 0.6 is 0 Å². The van der Waals surface area contributed by atoms with Gasteiger partial charge in [0.2, 0.25) is 5.91 Å². The number of hydrogen-bond donors (Lipinski definition) is 1. The van der Waals surface area contributed by atoms with E-state index in [4.69, 9.17) is 9.72 Å². The minimum Gasteiger partial charge on any atom is -0.494 e. The summed E-state index contributed by atoms with van der Waals surface area (Å²) in [5.41, 5.74) is 3.41. The second kappa shape index (κ2) is 11.5. The van der Waals surface area contributed by atoms with Gasteiger partial charge in [-0.3, -0.25) is 4.79 Å². The Bertz CT molecular complexity index is 958. The van der Waals surface area contributed by atoms with Crippen molar-refractivity contribution in [3.05, 3.63) is 59.9 Å². The van der Waals surface area contributed by atoms with Crippen molar-refractivity contribution in [2.75, 3.05) is 6.61 Å². The quantitative estimate of drug-likeness (QED) is 0.392. The summed E-state index contributed by atoms with van der Waals surface area (Å²) in [5, 5.41) is 3.09. The van der Waals surface area contributed by atoms with Gasteiger partial charge in [-0.25, -0.2) is 4.98 Å². The largest absolute Gasteiger partial charge is 0.494 e. The number of nitrogens with one attached hydrogen (secondary N) is 1. The van der Waals surface area contributed by atoms with Crippen LogP contribution in [-0.2, 0) is 24.3 Å². The maximum absolute atomic E-state index is 12.4. The van der Waals surface area contributed by atoms with E-state index in [1.807, 2.05) is 30.3 Å². The zero-order valence-electron chi connectivity index (χ0n) is 19.1. The fourth-order valence-corrected chi connectivity index (χ4v) is 3.86. The molecule has 5 nitrogen and oxygen atoms in total. The maximum Gasteiger partial charge on any atom is 0.223 e. The summed E-state index contributed by atoms with van der Waals surface area (Å²) in [5.74, 6) is 2.03. The first-order valence-corrected chi connectivity index (χ1v) is 11.6. The number of carbonyl (C=O) groups is 1. The molecule has 166 valence electrons. The Morgan fingerprint density at radius 3 is 2.48 bits per heavy atom. The topological polar surface area (TPSA) is 56.1 Å². The molecule has 0 aliphatic carbocycles. The van der Waals surface area contributed by atoms with Crippen LogP contribution < -0.4 is 10.1 Å². The van der Waals surface area contributed by atoms with Gasteiger partial charge >= 0.3 is 0 Å². The molecule has 0 saturated heterocycles. The molecule has 0 aliphatic heterocycles. The van der Waals surface area contributed by atoms with Crippen molar-refractivity contribution in [2.24, 2.45) is 5.92 Å². The van der Waals surface area contributed by atoms with Crippen molar-refractivity contribution in [1.29, 1.82) is 0 Å². The zero-order chi connectivity index (χ0) is 22.1. The van der Waals surface area contributed by atoms with Crippen LogP contribution in [0.15, 0.2) is 48.5 Å². The van der Waals surface area contributed by atoms with Crippen LogP contribution in [0.1, 0.15) is 57.8 Å². The third kappa shape index (κ3) is 6.09. The second-order valence-electron chi connectivity index (χ2n) is 7.95. The molecule has 31 heavy (non-hydrogen) atoms. The number of rotatable bonds is 12. The number of aromatic nitrogens is 2. The number of benzene rings is 2. The molecule has 3 rings (SSSR count). The number of imidazole rings is 1. The molecule has 3 aromatic rings. The number of carbonyl (C=O) groups excluding carboxylic acids is 1. The average Bonchev–Trinajstić information content (AvgIpc) is 3.16. The predicted octanol–water partition coefficient (Wildman–Crippen LogP) is 5.51. The van der Waals surface area contributed by atoms with Crippen LogP contribution in [0.3, 0.4) is 0 Å². The lowest BCUT2D eigenvalue weighted by Crippen LogP contribution is -2.30. The fraction of sp³-hybridized carbons (Fsp3) is 0.462. The van der Waals surface area contributed by atoms with E-state index >= 15 is 0 Å². The Hall–Kier alpha value is -2.82. The number of aryl methyl sites for hydroxylation is 2. The first kappa shape index (κ1) is 22.9. The lowest BCUT2D eigenvalue weighted by molar-refractivity contribution is -0.125. The van der Waals surface area contributed by atoms with Gasteiger partial charge in [-0.2, -0.15) is 0 Å². The van der Waals surface area contributed by atoms with Gasteiger partial charge in [0.05, 0.1) is 24.2 Å². The lowest BCUT2D eigenvalue weighted by atomic mass is 10.0. The van der Waals surface area contributed by atoms with Gasteiger partial charge in [-0.05, 0) is 61.9 Å². The molecular weight excluding hydrogens is 386 g/mol. The predicted molar refractivity (Wildman–Crippen MR) is 126 cm³/mol. The highest BCUT2D eigenvalue weighted by atomic mass is 16.5. The summed E-state index contributed by atoms with van der Waals surface area (Å²) in [6.07, 6.45) is 4.71. The number of ether oxygens (including phenoxy) is 1. The SMILES string of the molecule is CCc1ccc(OCCCCn2c(CNC(=O)C(CC)CC)nc3ccccc32)cc1. The van der Waals surface area contributed by atoms with Gasteiger partial charge in [0.15, 0.2) is 0 Å². The minimum atomic E-state index is 0.0707. The van der Waals surface area contributed by atoms with Crippen LogP contribution in [0.2, 0.25) is 0 Å². The third-order valence-corrected chi connectivity index (χ3v) is 5.89. The van der Waals surface area contributed by atoms with Gasteiger partial charge in [-0.15, -0.1) is 0 Å². The zero-order valence-corrected chi connectivity index (χ0v) is 19.1. The van der Waals surface area contributed by atoms with E-state index in [1.54, 1.807) is 0 Å². The van der Waals surface area contributed by atoms with Gasteiger partial charge in [0.1, 0.15) is 11.6 Å². The van der Waals surface area contributed by atoms with Gasteiger partial charge < -0.3 is 14.6 Å². The second-order valence-corrected chi connectivity index (χ2v) is 7.95. The molecule has 0 spiro atoms. The molecule has 0 saturated carbocycles. The van der Waals surface area contributed by atoms with E-state index in [0.717, 1.165) is 61.3 Å². The highest BCUT2D eigenvalue weighted by Crippen LogP contribution is 2.18. The molecule has 5 heteroatoms. The molecule has 1 aromatic heterocycles. The molecule has 1 N–H and O–H groups in total. The van der Waals surface area contributed by atoms with E-state index in [1.165, 1.54) is 5.56 Å². The van der Waals surface area contributed by atoms with E-state index in [-0.39, 0.29) is 11.8 Å². The minimum absolute atomic E-state index is 0.0707. The summed E-state index contributed by atoms with van der Waals surface area (Å²) >= 11 is 0. The molecule has 1 heterocycles. The third-order valence-electron chi connectivity index (χ3n) is 5.89. The Kier molecular flexibility index (Phi) is 8.51. The Morgan fingerprint density at radius 2 is 1.77 bits per heavy atom. The van der Waals surface area contributed by atoms with Crippen molar-refractivity contribution in [1.82, 2.24) is 14.9 Å². The van der Waals surface area contributed by atoms with Crippen LogP contribution in [-0.4, -0.2) is 22.1 Å². The van der Waals surface area contributed by atoms with E-state index in [2.05, 4.69) is 48.9 Å². The molecule has 0 atom stereocenters. The smallest absolute Gasteiger partial charge is 0.223 e. The molecule has 0 fully saturated rings. The van der Waals surface area contributed by atoms with Crippen LogP contribution in [0.5, 0.6) is 5.75 Å². The van der Waals surface area contributed by atoms with Crippen molar-refractivity contribution in [2.45, 2.75) is 66.0 Å². The Labute approximate surface area is 185 Å². The van der Waals surface area contributed by atoms with E-state index < -0.39 is 0 Å². The van der Waals surface area contributed by atoms with E-state index in [0.29, 0.717) is 13.2 Å². The number of hydrogen-bond acceptors (Lipinski definition) is 3. The van der Waals surface area contributed by atoms with Crippen molar-refractivity contribution >= 4 is 16.9 Å². The highest BCUT2D eigenvalue weighted by Gasteiger charge is 2.16. The average molecular weight is 422 g/mol. The van der Waals surface area contributed by atoms with Gasteiger partial charge in [-0.1, -0.05) is 45.0 Å². The number of para-hydroxylation sites is 2. The maximum atomic E-state index is 12.4. The highest BCUT2D eigenvalue weighted by molar-refractivity contribution is 5.79. The summed E-state index contributed by atoms with van der Waals surface area (Å²) in [6, 6.07) is 16.5. The molecule has 0 aliphatic rings. The molecule has 2 aromatic carbocycles. The van der Waals surface area contributed by atoms with Crippen LogP contribution in [0.25, 0.3) is 11.0 Å². The lowest BCUT2D eigenvalue weighted by Gasteiger charge is -2.14. The monoisotopic (exact) mass is 421 g/mol. The van der Waals surface area contributed by atoms with Gasteiger partial charge in [0.25, 0.3) is 0 Å². The van der Waals surface area contributed by atoms with Crippen molar-refractivity contribution in [3.63, 3.8) is 0 Å². The molecule has 0 unspecified atom stereocenters. The molecule has 0 radical (unpaired) electrons. The molecule has 0 bridgehead atoms. The number of amides is 1. The van der Waals surface area contributed by atoms with Gasteiger partial charge in [0, 0.05) is 12.5 Å². The van der Waals surface area contributed by atoms with Crippen molar-refractivity contribution < 1.29 is 9.53 Å². The Balaban J connectivity index is 1.57. The first-order chi connectivity index (χ1) is 15.2. The van der Waals surface area contributed by atoms with Crippen LogP contribution in [0.4, 0.5) is 0 Å². The summed E-state index contributed by atoms with van der Waals surface area (Å²) in [6.45, 7) is 8.28. The number of unbranched alkanes of at least 4 members (excludes halogenated alkanes) is 1. The number of nitrogens with zero attached hydrogens (tertiary/aromatic N) is 2. The summed E-state index contributed by atoms with van der Waals surface area (Å²) < 4.78 is 8.13. The van der Waals surface area contributed by atoms with Crippen LogP contribution in [0, 0.1) is 5.92 Å². The normalized spacial score (nSPS) is 11.2. The van der Waals surface area contributed by atoms with Crippen molar-refractivity contribution in [3.8, 4) is 5.75 Å². The summed E-state index contributed by atoms with van der Waals surface area (Å²) in [7, 11) is 0. The molecular formula is C26H35N3O2. The molecule has 1 amide bonds. The number of fused-ring (bicyclic) bond motifs is 1. The first-order valence-electron chi connectivity index (χ1n) is 11.6. The fourth-order valence-electron chi connectivity index (χ4n) is 3.86. The summed E-state index contributed by atoms with van der Waals surface area (Å²) in [4.78, 5) is 17.2. The standard InChI is InChI=1S/C26H35N3O2/c1-4-20-13-15-22(16-14-20)31-18-10-9-17-29-24-12-8-7-11-23(24)28-25(29)19-27-26(30)21(5-2)6-3/h7-8,11-16,21H,4-6,9-10,17-19H2,1-3H3,(H,27,30). The van der Waals surface area contributed by atoms with E-state index in [9.17, 15) is 4.79 Å².